The first kappa shape index (κ1) is 27.2. The summed E-state index contributed by atoms with van der Waals surface area (Å²) in [6.07, 6.45) is -14.5. The molecule has 3 aliphatic heterocycles. The van der Waals surface area contributed by atoms with Crippen molar-refractivity contribution in [3.63, 3.8) is 0 Å². The molecule has 0 saturated carbocycles. The third-order valence-corrected chi connectivity index (χ3v) is 7.21. The van der Waals surface area contributed by atoms with E-state index in [9.17, 15) is 40.5 Å². The Labute approximate surface area is 216 Å². The van der Waals surface area contributed by atoms with Crippen LogP contribution in [0.5, 0.6) is 5.75 Å². The van der Waals surface area contributed by atoms with Crippen LogP contribution in [0.1, 0.15) is 24.6 Å². The van der Waals surface area contributed by atoms with Crippen LogP contribution in [0, 0.1) is 0 Å². The lowest BCUT2D eigenvalue weighted by molar-refractivity contribution is -0.323. The fourth-order valence-corrected chi connectivity index (χ4v) is 5.00. The zero-order valence-corrected chi connectivity index (χ0v) is 20.2. The van der Waals surface area contributed by atoms with Crippen LogP contribution >= 0.6 is 0 Å². The highest BCUT2D eigenvalue weighted by Crippen LogP contribution is 2.39. The van der Waals surface area contributed by atoms with Gasteiger partial charge < -0.3 is 65.0 Å². The number of aliphatic hydroxyl groups is 7. The fraction of sp³-hybridized carbons (Fsp3) is 0.625. The Balaban J connectivity index is 1.33. The molecule has 210 valence electrons. The molecule has 3 aliphatic rings. The second-order valence-corrected chi connectivity index (χ2v) is 9.74. The summed E-state index contributed by atoms with van der Waals surface area (Å²) in [7, 11) is 0. The van der Waals surface area contributed by atoms with Gasteiger partial charge in [0.2, 0.25) is 12.2 Å². The van der Waals surface area contributed by atoms with E-state index in [-0.39, 0.29) is 11.9 Å². The molecular weight excluding hydrogens is 508 g/mol. The number of aliphatic hydroxyl groups excluding tert-OH is 7. The molecule has 0 spiro atoms. The van der Waals surface area contributed by atoms with Crippen molar-refractivity contribution in [3.8, 4) is 5.75 Å². The molecule has 3 saturated heterocycles. The maximum absolute atomic E-state index is 11.8. The van der Waals surface area contributed by atoms with Crippen LogP contribution in [-0.2, 0) is 19.0 Å². The first-order chi connectivity index (χ1) is 18.2. The minimum atomic E-state index is -1.70. The number of hydrogen-bond acceptors (Lipinski definition) is 12. The van der Waals surface area contributed by atoms with Crippen molar-refractivity contribution in [1.29, 1.82) is 0 Å². The predicted octanol–water partition coefficient (Wildman–Crippen LogP) is -2.88. The second-order valence-electron chi connectivity index (χ2n) is 9.74. The number of fused-ring (bicyclic) bond motifs is 1. The molecule has 14 nitrogen and oxygen atoms in total. The molecule has 1 aromatic heterocycles. The van der Waals surface area contributed by atoms with E-state index in [1.54, 1.807) is 12.1 Å². The molecule has 1 amide bonds. The minimum absolute atomic E-state index is 0.113. The molecule has 0 bridgehead atoms. The molecule has 4 heterocycles. The zero-order valence-electron chi connectivity index (χ0n) is 20.2. The van der Waals surface area contributed by atoms with Crippen LogP contribution in [0.15, 0.2) is 24.3 Å². The number of aromatic amines is 1. The highest BCUT2D eigenvalue weighted by molar-refractivity contribution is 5.89. The number of hydrogen-bond donors (Lipinski definition) is 9. The number of para-hydroxylation sites is 1. The Morgan fingerprint density at radius 3 is 2.21 bits per heavy atom. The minimum Gasteiger partial charge on any atom is -0.459 e. The highest BCUT2D eigenvalue weighted by atomic mass is 16.7. The van der Waals surface area contributed by atoms with Crippen molar-refractivity contribution in [2.75, 3.05) is 13.2 Å². The van der Waals surface area contributed by atoms with Crippen LogP contribution < -0.4 is 10.1 Å². The fourth-order valence-electron chi connectivity index (χ4n) is 5.00. The summed E-state index contributed by atoms with van der Waals surface area (Å²) in [4.78, 5) is 15.1. The van der Waals surface area contributed by atoms with Crippen molar-refractivity contribution < 1.29 is 59.5 Å². The van der Waals surface area contributed by atoms with Gasteiger partial charge in [-0.2, -0.15) is 0 Å². The van der Waals surface area contributed by atoms with Crippen LogP contribution in [0.2, 0.25) is 0 Å². The lowest BCUT2D eigenvalue weighted by Gasteiger charge is -2.42. The molecule has 0 aliphatic carbocycles. The van der Waals surface area contributed by atoms with Crippen molar-refractivity contribution in [3.05, 3.63) is 30.0 Å². The number of carbonyl (C=O) groups is 1. The Kier molecular flexibility index (Phi) is 7.89. The van der Waals surface area contributed by atoms with Crippen LogP contribution in [0.25, 0.3) is 10.9 Å². The van der Waals surface area contributed by atoms with Gasteiger partial charge in [-0.3, -0.25) is 4.79 Å². The van der Waals surface area contributed by atoms with Crippen molar-refractivity contribution in [1.82, 2.24) is 10.3 Å². The number of ether oxygens (including phenoxy) is 4. The summed E-state index contributed by atoms with van der Waals surface area (Å²) in [6, 6.07) is 6.83. The summed E-state index contributed by atoms with van der Waals surface area (Å²) in [5.41, 5.74) is 1.27. The van der Waals surface area contributed by atoms with Gasteiger partial charge in [0.15, 0.2) is 12.0 Å². The standard InChI is InChI=1S/C24H32N2O12/c27-7-12-16(29)18(31)20(33)23(36-12)35-8-13-17(30)19(32)21(34)24(37-13)38-22-9-3-1-2-4-10(9)26-15(22)11-5-6-14(28)25-11/h1-4,11-13,16-21,23-24,26-27,29-34H,5-8H2,(H,25,28)/t11-,12-,13-,16-,17-,18+,19+,20-,21-,23-,24+/m1/s1. The van der Waals surface area contributed by atoms with E-state index < -0.39 is 74.6 Å². The molecule has 5 rings (SSSR count). The molecule has 38 heavy (non-hydrogen) atoms. The number of rotatable bonds is 7. The Morgan fingerprint density at radius 2 is 1.53 bits per heavy atom. The van der Waals surface area contributed by atoms with Crippen LogP contribution in [-0.4, -0.2) is 121 Å². The number of benzene rings is 1. The normalized spacial score (nSPS) is 39.9. The van der Waals surface area contributed by atoms with Gasteiger partial charge in [-0.25, -0.2) is 0 Å². The first-order valence-corrected chi connectivity index (χ1v) is 12.4. The van der Waals surface area contributed by atoms with Crippen LogP contribution in [0.3, 0.4) is 0 Å². The Morgan fingerprint density at radius 1 is 0.868 bits per heavy atom. The third kappa shape index (κ3) is 5.00. The van der Waals surface area contributed by atoms with Crippen molar-refractivity contribution in [2.45, 2.75) is 80.3 Å². The zero-order chi connectivity index (χ0) is 27.1. The molecule has 2 aromatic rings. The van der Waals surface area contributed by atoms with E-state index in [2.05, 4.69) is 10.3 Å². The summed E-state index contributed by atoms with van der Waals surface area (Å²) >= 11 is 0. The maximum Gasteiger partial charge on any atom is 0.229 e. The van der Waals surface area contributed by atoms with Gasteiger partial charge in [-0.05, 0) is 18.6 Å². The molecule has 0 radical (unpaired) electrons. The quantitative estimate of drug-likeness (QED) is 0.173. The average molecular weight is 541 g/mol. The largest absolute Gasteiger partial charge is 0.459 e. The second kappa shape index (κ2) is 11.0. The summed E-state index contributed by atoms with van der Waals surface area (Å²) in [5.74, 6) is 0.187. The van der Waals surface area contributed by atoms with E-state index in [0.29, 0.717) is 35.2 Å². The van der Waals surface area contributed by atoms with E-state index in [1.807, 2.05) is 12.1 Å². The highest BCUT2D eigenvalue weighted by Gasteiger charge is 2.48. The van der Waals surface area contributed by atoms with E-state index in [0.717, 1.165) is 0 Å². The van der Waals surface area contributed by atoms with Crippen molar-refractivity contribution in [2.24, 2.45) is 0 Å². The van der Waals surface area contributed by atoms with E-state index in [4.69, 9.17) is 18.9 Å². The molecule has 1 aromatic carbocycles. The smallest absolute Gasteiger partial charge is 0.229 e. The lowest BCUT2D eigenvalue weighted by atomic mass is 9.98. The van der Waals surface area contributed by atoms with Gasteiger partial charge in [0.05, 0.1) is 24.9 Å². The topological polar surface area (TPSA) is 223 Å². The SMILES string of the molecule is O=C1CC[C@H](c2[nH]c3ccccc3c2O[C@@H]2O[C@H](CO[C@@H]3O[C@H](CO)[C@@H](O)[C@H](O)[C@H]3O)[C@@H](O)[C@H](O)[C@H]2O)N1. The van der Waals surface area contributed by atoms with Gasteiger partial charge in [0, 0.05) is 17.3 Å². The monoisotopic (exact) mass is 540 g/mol. The van der Waals surface area contributed by atoms with Gasteiger partial charge in [0.1, 0.15) is 48.8 Å². The summed E-state index contributed by atoms with van der Waals surface area (Å²) in [6.45, 7) is -1.13. The van der Waals surface area contributed by atoms with Gasteiger partial charge in [-0.1, -0.05) is 12.1 Å². The van der Waals surface area contributed by atoms with Gasteiger partial charge in [0.25, 0.3) is 0 Å². The van der Waals surface area contributed by atoms with Gasteiger partial charge >= 0.3 is 0 Å². The molecule has 9 N–H and O–H groups in total. The maximum atomic E-state index is 11.8. The van der Waals surface area contributed by atoms with E-state index in [1.165, 1.54) is 0 Å². The number of carbonyl (C=O) groups excluding carboxylic acids is 1. The Bertz CT molecular complexity index is 1130. The average Bonchev–Trinajstić information content (AvgIpc) is 3.51. The summed E-state index contributed by atoms with van der Waals surface area (Å²) < 4.78 is 22.6. The molecular formula is C24H32N2O12. The predicted molar refractivity (Wildman–Crippen MR) is 125 cm³/mol. The third-order valence-electron chi connectivity index (χ3n) is 7.21. The van der Waals surface area contributed by atoms with Crippen LogP contribution in [0.4, 0.5) is 0 Å². The molecule has 3 fully saturated rings. The number of H-pyrrole nitrogens is 1. The molecule has 0 unspecified atom stereocenters. The number of aromatic nitrogens is 1. The molecule has 11 atom stereocenters. The molecule has 14 heteroatoms. The van der Waals surface area contributed by atoms with Gasteiger partial charge in [-0.15, -0.1) is 0 Å². The summed E-state index contributed by atoms with van der Waals surface area (Å²) in [5, 5.41) is 74.6. The lowest BCUT2D eigenvalue weighted by Crippen LogP contribution is -2.62. The first-order valence-electron chi connectivity index (χ1n) is 12.4. The number of amides is 1. The Hall–Kier alpha value is -2.37. The van der Waals surface area contributed by atoms with Crippen molar-refractivity contribution >= 4 is 16.8 Å². The number of nitrogens with one attached hydrogen (secondary N) is 2. The van der Waals surface area contributed by atoms with E-state index >= 15 is 0 Å².